The van der Waals surface area contributed by atoms with Gasteiger partial charge in [-0.1, -0.05) is 26.2 Å². The van der Waals surface area contributed by atoms with Crippen LogP contribution in [0.5, 0.6) is 0 Å². The zero-order valence-electron chi connectivity index (χ0n) is 8.01. The molecule has 0 radical (unpaired) electrons. The summed E-state index contributed by atoms with van der Waals surface area (Å²) in [5, 5.41) is 9.52. The van der Waals surface area contributed by atoms with Crippen LogP contribution < -0.4 is 10.3 Å². The maximum absolute atomic E-state index is 10.9. The fraction of sp³-hybridized carbons (Fsp3) is 1.00. The van der Waals surface area contributed by atoms with E-state index < -0.39 is 24.6 Å². The maximum atomic E-state index is 10.9. The van der Waals surface area contributed by atoms with Crippen LogP contribution in [0.4, 0.5) is 0 Å². The van der Waals surface area contributed by atoms with Crippen molar-refractivity contribution < 1.29 is 16.8 Å². The topological polar surface area (TPSA) is 120 Å². The predicted molar refractivity (Wildman–Crippen MR) is 54.1 cm³/mol. The van der Waals surface area contributed by atoms with Gasteiger partial charge >= 0.3 is 0 Å². The normalized spacial score (nSPS) is 13.4. The van der Waals surface area contributed by atoms with Gasteiger partial charge in [0.05, 0.1) is 0 Å². The molecule has 0 unspecified atom stereocenters. The van der Waals surface area contributed by atoms with Crippen LogP contribution >= 0.6 is 0 Å². The van der Waals surface area contributed by atoms with Crippen LogP contribution in [-0.4, -0.2) is 21.4 Å². The molecule has 0 heterocycles. The lowest BCUT2D eigenvalue weighted by molar-refractivity contribution is 0.563. The van der Waals surface area contributed by atoms with Crippen molar-refractivity contribution >= 4 is 20.0 Å². The van der Waals surface area contributed by atoms with E-state index in [1.165, 1.54) is 0 Å². The molecule has 14 heavy (non-hydrogen) atoms. The van der Waals surface area contributed by atoms with Crippen molar-refractivity contribution in [3.05, 3.63) is 0 Å². The summed E-state index contributed by atoms with van der Waals surface area (Å²) in [6.07, 6.45) is 2.06. The van der Waals surface area contributed by atoms with Crippen LogP contribution in [0, 0.1) is 0 Å². The molecule has 4 N–H and O–H groups in total. The molecule has 0 aromatic rings. The van der Waals surface area contributed by atoms with Gasteiger partial charge in [0.15, 0.2) is 4.58 Å². The summed E-state index contributed by atoms with van der Waals surface area (Å²) >= 11 is 0. The van der Waals surface area contributed by atoms with Gasteiger partial charge in [0.25, 0.3) is 0 Å². The Morgan fingerprint density at radius 3 is 1.71 bits per heavy atom. The minimum absolute atomic E-state index is 0.0362. The number of hydrogen-bond acceptors (Lipinski definition) is 4. The van der Waals surface area contributed by atoms with E-state index in [1.54, 1.807) is 0 Å². The van der Waals surface area contributed by atoms with Crippen molar-refractivity contribution in [3.8, 4) is 0 Å². The Balaban J connectivity index is 4.62. The highest BCUT2D eigenvalue weighted by Gasteiger charge is 2.31. The Hall–Kier alpha value is -0.180. The molecule has 8 heteroatoms. The summed E-state index contributed by atoms with van der Waals surface area (Å²) in [6.45, 7) is 1.92. The second-order valence-corrected chi connectivity index (χ2v) is 6.90. The molecule has 0 aliphatic rings. The van der Waals surface area contributed by atoms with Gasteiger partial charge in [-0.2, -0.15) is 0 Å². The molecular formula is C6H16N2O4S2. The Morgan fingerprint density at radius 2 is 1.43 bits per heavy atom. The van der Waals surface area contributed by atoms with Crippen LogP contribution in [-0.2, 0) is 20.0 Å². The summed E-state index contributed by atoms with van der Waals surface area (Å²) < 4.78 is 41.9. The molecule has 0 aromatic carbocycles. The second kappa shape index (κ2) is 5.06. The molecular weight excluding hydrogens is 228 g/mol. The number of unbranched alkanes of at least 4 members (excludes halogenated alkanes) is 2. The molecule has 0 saturated heterocycles. The van der Waals surface area contributed by atoms with Gasteiger partial charge in [-0.3, -0.25) is 0 Å². The molecule has 0 rings (SSSR count). The molecule has 0 atom stereocenters. The first-order valence-corrected chi connectivity index (χ1v) is 7.44. The molecule has 0 saturated carbocycles. The van der Waals surface area contributed by atoms with Crippen LogP contribution in [0.3, 0.4) is 0 Å². The van der Waals surface area contributed by atoms with Gasteiger partial charge < -0.3 is 0 Å². The van der Waals surface area contributed by atoms with Gasteiger partial charge in [0.2, 0.25) is 20.0 Å². The number of hydrogen-bond donors (Lipinski definition) is 2. The fourth-order valence-electron chi connectivity index (χ4n) is 1.08. The van der Waals surface area contributed by atoms with Crippen LogP contribution in [0.15, 0.2) is 0 Å². The van der Waals surface area contributed by atoms with E-state index in [9.17, 15) is 16.8 Å². The van der Waals surface area contributed by atoms with Crippen molar-refractivity contribution in [1.82, 2.24) is 0 Å². The molecule has 0 aliphatic carbocycles. The highest BCUT2D eigenvalue weighted by molar-refractivity contribution is 8.07. The first kappa shape index (κ1) is 13.8. The highest BCUT2D eigenvalue weighted by Crippen LogP contribution is 2.12. The van der Waals surface area contributed by atoms with Crippen molar-refractivity contribution in [2.24, 2.45) is 10.3 Å². The lowest BCUT2D eigenvalue weighted by atomic mass is 10.2. The molecule has 6 nitrogen and oxygen atoms in total. The summed E-state index contributed by atoms with van der Waals surface area (Å²) in [5.41, 5.74) is 0. The Morgan fingerprint density at radius 1 is 1.00 bits per heavy atom. The van der Waals surface area contributed by atoms with Crippen molar-refractivity contribution in [2.45, 2.75) is 37.2 Å². The van der Waals surface area contributed by atoms with Gasteiger partial charge in [0, 0.05) is 0 Å². The van der Waals surface area contributed by atoms with E-state index in [2.05, 4.69) is 0 Å². The Kier molecular flexibility index (Phi) is 4.99. The van der Waals surface area contributed by atoms with Gasteiger partial charge in [0.1, 0.15) is 0 Å². The first-order valence-electron chi connectivity index (χ1n) is 4.22. The quantitative estimate of drug-likeness (QED) is 0.610. The third kappa shape index (κ3) is 4.89. The maximum Gasteiger partial charge on any atom is 0.227 e. The summed E-state index contributed by atoms with van der Waals surface area (Å²) in [6, 6.07) is 0. The standard InChI is InChI=1S/C6H16N2O4S2/c1-2-3-4-5-6(13(7,9)10)14(8,11)12/h6H,2-5H2,1H3,(H2,7,9,10)(H2,8,11,12). The molecule has 0 aromatic heterocycles. The van der Waals surface area contributed by atoms with Gasteiger partial charge in [-0.15, -0.1) is 0 Å². The van der Waals surface area contributed by atoms with E-state index in [4.69, 9.17) is 10.3 Å². The van der Waals surface area contributed by atoms with E-state index in [0.29, 0.717) is 6.42 Å². The van der Waals surface area contributed by atoms with Crippen LogP contribution in [0.1, 0.15) is 32.6 Å². The number of nitrogens with two attached hydrogens (primary N) is 2. The number of primary sulfonamides is 2. The average molecular weight is 244 g/mol. The third-order valence-corrected chi connectivity index (χ3v) is 5.32. The lowest BCUT2D eigenvalue weighted by Gasteiger charge is -2.11. The van der Waals surface area contributed by atoms with Crippen LogP contribution in [0.25, 0.3) is 0 Å². The smallest absolute Gasteiger partial charge is 0.227 e. The molecule has 0 bridgehead atoms. The van der Waals surface area contributed by atoms with Crippen molar-refractivity contribution in [2.75, 3.05) is 0 Å². The molecule has 86 valence electrons. The van der Waals surface area contributed by atoms with Crippen molar-refractivity contribution in [1.29, 1.82) is 0 Å². The van der Waals surface area contributed by atoms with Crippen LogP contribution in [0.2, 0.25) is 0 Å². The minimum atomic E-state index is -4.12. The highest BCUT2D eigenvalue weighted by atomic mass is 32.3. The van der Waals surface area contributed by atoms with E-state index >= 15 is 0 Å². The first-order chi connectivity index (χ1) is 6.19. The predicted octanol–water partition coefficient (Wildman–Crippen LogP) is -0.530. The molecule has 0 spiro atoms. The number of rotatable bonds is 6. The zero-order chi connectivity index (χ0) is 11.4. The van der Waals surface area contributed by atoms with Crippen molar-refractivity contribution in [3.63, 3.8) is 0 Å². The van der Waals surface area contributed by atoms with E-state index in [0.717, 1.165) is 12.8 Å². The summed E-state index contributed by atoms with van der Waals surface area (Å²) in [4.78, 5) is 0. The third-order valence-electron chi connectivity index (χ3n) is 1.78. The van der Waals surface area contributed by atoms with E-state index in [-0.39, 0.29) is 6.42 Å². The summed E-state index contributed by atoms with van der Waals surface area (Å²) in [5.74, 6) is 0. The Bertz CT molecular complexity index is 327. The molecule has 0 amide bonds. The summed E-state index contributed by atoms with van der Waals surface area (Å²) in [7, 11) is -8.23. The number of sulfonamides is 2. The molecule has 0 fully saturated rings. The monoisotopic (exact) mass is 244 g/mol. The van der Waals surface area contributed by atoms with E-state index in [1.807, 2.05) is 6.92 Å². The molecule has 0 aliphatic heterocycles. The lowest BCUT2D eigenvalue weighted by Crippen LogP contribution is -2.39. The second-order valence-electron chi connectivity index (χ2n) is 3.10. The largest absolute Gasteiger partial charge is 0.228 e. The Labute approximate surface area is 84.8 Å². The van der Waals surface area contributed by atoms with Gasteiger partial charge in [-0.25, -0.2) is 27.1 Å². The average Bonchev–Trinajstić information content (AvgIpc) is 1.92. The van der Waals surface area contributed by atoms with Gasteiger partial charge in [-0.05, 0) is 6.42 Å². The minimum Gasteiger partial charge on any atom is -0.228 e. The fourth-order valence-corrected chi connectivity index (χ4v) is 3.56. The SMILES string of the molecule is CCCCCC(S(N)(=O)=O)S(N)(=O)=O. The zero-order valence-corrected chi connectivity index (χ0v) is 9.64.